The van der Waals surface area contributed by atoms with Crippen molar-refractivity contribution >= 4 is 11.3 Å². The Hall–Kier alpha value is -0.380. The van der Waals surface area contributed by atoms with Crippen molar-refractivity contribution in [2.45, 2.75) is 44.7 Å². The molecule has 0 saturated heterocycles. The number of likely N-dealkylation sites (N-methyl/N-ethyl adjacent to an activating group) is 1. The normalized spacial score (nSPS) is 19.1. The van der Waals surface area contributed by atoms with Crippen molar-refractivity contribution in [1.82, 2.24) is 10.2 Å². The van der Waals surface area contributed by atoms with Crippen LogP contribution in [0.2, 0.25) is 0 Å². The highest BCUT2D eigenvalue weighted by Gasteiger charge is 2.35. The number of rotatable bonds is 5. The summed E-state index contributed by atoms with van der Waals surface area (Å²) in [5.74, 6) is 0. The van der Waals surface area contributed by atoms with Gasteiger partial charge in [-0.25, -0.2) is 0 Å². The van der Waals surface area contributed by atoms with Gasteiger partial charge in [0.05, 0.1) is 0 Å². The summed E-state index contributed by atoms with van der Waals surface area (Å²) in [6.07, 6.45) is 5.46. The van der Waals surface area contributed by atoms with E-state index in [1.165, 1.54) is 36.1 Å². The molecule has 1 heterocycles. The minimum atomic E-state index is 0.408. The lowest BCUT2D eigenvalue weighted by atomic mass is 9.96. The van der Waals surface area contributed by atoms with Gasteiger partial charge in [0.15, 0.2) is 0 Å². The largest absolute Gasteiger partial charge is 0.310 e. The van der Waals surface area contributed by atoms with E-state index < -0.39 is 0 Å². The van der Waals surface area contributed by atoms with Gasteiger partial charge < -0.3 is 10.2 Å². The van der Waals surface area contributed by atoms with E-state index in [1.54, 1.807) is 0 Å². The summed E-state index contributed by atoms with van der Waals surface area (Å²) in [4.78, 5) is 3.91. The van der Waals surface area contributed by atoms with E-state index >= 15 is 0 Å². The van der Waals surface area contributed by atoms with Gasteiger partial charge in [-0.15, -0.1) is 11.3 Å². The van der Waals surface area contributed by atoms with Gasteiger partial charge in [-0.05, 0) is 50.9 Å². The first-order chi connectivity index (χ1) is 8.14. The molecule has 1 aliphatic carbocycles. The monoisotopic (exact) mass is 252 g/mol. The van der Waals surface area contributed by atoms with Crippen LogP contribution in [0.1, 0.15) is 36.1 Å². The predicted molar refractivity (Wildman–Crippen MR) is 75.6 cm³/mol. The van der Waals surface area contributed by atoms with Crippen LogP contribution < -0.4 is 5.32 Å². The maximum Gasteiger partial charge on any atom is 0.0328 e. The topological polar surface area (TPSA) is 15.3 Å². The van der Waals surface area contributed by atoms with Crippen LogP contribution in [0.25, 0.3) is 0 Å². The summed E-state index contributed by atoms with van der Waals surface area (Å²) in [7, 11) is 4.45. The highest BCUT2D eigenvalue weighted by atomic mass is 32.1. The molecule has 1 saturated carbocycles. The molecule has 0 radical (unpaired) electrons. The second-order valence-electron chi connectivity index (χ2n) is 5.46. The molecule has 0 spiro atoms. The Labute approximate surface area is 109 Å². The number of hydrogen-bond donors (Lipinski definition) is 1. The fraction of sp³-hybridized carbons (Fsp3) is 0.714. The number of nitrogens with zero attached hydrogens (tertiary/aromatic N) is 1. The average Bonchev–Trinajstić information content (AvgIpc) is 2.90. The van der Waals surface area contributed by atoms with Gasteiger partial charge in [-0.2, -0.15) is 0 Å². The summed E-state index contributed by atoms with van der Waals surface area (Å²) in [6, 6.07) is 2.21. The molecule has 1 N–H and O–H groups in total. The summed E-state index contributed by atoms with van der Waals surface area (Å²) >= 11 is 1.86. The van der Waals surface area contributed by atoms with Gasteiger partial charge in [-0.3, -0.25) is 0 Å². The maximum atomic E-state index is 3.66. The molecule has 96 valence electrons. The van der Waals surface area contributed by atoms with E-state index in [4.69, 9.17) is 0 Å². The summed E-state index contributed by atoms with van der Waals surface area (Å²) in [5, 5.41) is 5.85. The van der Waals surface area contributed by atoms with Gasteiger partial charge in [0.2, 0.25) is 0 Å². The zero-order valence-corrected chi connectivity index (χ0v) is 12.1. The van der Waals surface area contributed by atoms with E-state index in [9.17, 15) is 0 Å². The zero-order valence-electron chi connectivity index (χ0n) is 11.3. The molecule has 0 amide bonds. The van der Waals surface area contributed by atoms with Crippen molar-refractivity contribution in [3.05, 3.63) is 21.9 Å². The molecule has 1 fully saturated rings. The lowest BCUT2D eigenvalue weighted by Crippen LogP contribution is -2.49. The smallest absolute Gasteiger partial charge is 0.0328 e. The Kier molecular flexibility index (Phi) is 4.23. The standard InChI is InChI=1S/C14H24N2S/c1-12-6-9-17-13(12)10-15-11-14(16(2)3)7-4-5-8-14/h6,9,15H,4-5,7-8,10-11H2,1-3H3. The van der Waals surface area contributed by atoms with E-state index in [0.29, 0.717) is 5.54 Å². The van der Waals surface area contributed by atoms with Crippen LogP contribution in [0, 0.1) is 6.92 Å². The van der Waals surface area contributed by atoms with E-state index in [-0.39, 0.29) is 0 Å². The number of thiophene rings is 1. The SMILES string of the molecule is Cc1ccsc1CNCC1(N(C)C)CCCC1. The van der Waals surface area contributed by atoms with Crippen LogP contribution >= 0.6 is 11.3 Å². The van der Waals surface area contributed by atoms with Crippen molar-refractivity contribution in [2.75, 3.05) is 20.6 Å². The molecule has 2 nitrogen and oxygen atoms in total. The minimum absolute atomic E-state index is 0.408. The summed E-state index contributed by atoms with van der Waals surface area (Å²) in [5.41, 5.74) is 1.83. The molecule has 0 aliphatic heterocycles. The Balaban J connectivity index is 1.86. The van der Waals surface area contributed by atoms with E-state index in [1.807, 2.05) is 11.3 Å². The van der Waals surface area contributed by atoms with E-state index in [2.05, 4.69) is 42.7 Å². The second-order valence-corrected chi connectivity index (χ2v) is 6.46. The first kappa shape index (κ1) is 13.1. The lowest BCUT2D eigenvalue weighted by Gasteiger charge is -2.36. The predicted octanol–water partition coefficient (Wildman–Crippen LogP) is 3.02. The van der Waals surface area contributed by atoms with Gasteiger partial charge in [0.25, 0.3) is 0 Å². The third-order valence-corrected chi connectivity index (χ3v) is 5.21. The fourth-order valence-electron chi connectivity index (χ4n) is 2.81. The first-order valence-electron chi connectivity index (χ1n) is 6.55. The summed E-state index contributed by atoms with van der Waals surface area (Å²) in [6.45, 7) is 4.35. The molecular formula is C14H24N2S. The molecule has 0 aromatic carbocycles. The molecule has 1 aromatic rings. The van der Waals surface area contributed by atoms with E-state index in [0.717, 1.165) is 13.1 Å². The Bertz CT molecular complexity index is 351. The highest BCUT2D eigenvalue weighted by molar-refractivity contribution is 7.10. The van der Waals surface area contributed by atoms with Crippen LogP contribution in [-0.2, 0) is 6.54 Å². The molecule has 0 unspecified atom stereocenters. The van der Waals surface area contributed by atoms with Crippen molar-refractivity contribution in [3.63, 3.8) is 0 Å². The first-order valence-corrected chi connectivity index (χ1v) is 7.43. The molecule has 1 aliphatic rings. The van der Waals surface area contributed by atoms with Crippen LogP contribution in [-0.4, -0.2) is 31.1 Å². The fourth-order valence-corrected chi connectivity index (χ4v) is 3.68. The molecular weight excluding hydrogens is 228 g/mol. The third-order valence-electron chi connectivity index (χ3n) is 4.19. The van der Waals surface area contributed by atoms with Crippen LogP contribution in [0.15, 0.2) is 11.4 Å². The third kappa shape index (κ3) is 2.90. The molecule has 3 heteroatoms. The quantitative estimate of drug-likeness (QED) is 0.866. The average molecular weight is 252 g/mol. The molecule has 17 heavy (non-hydrogen) atoms. The van der Waals surface area contributed by atoms with Crippen molar-refractivity contribution in [2.24, 2.45) is 0 Å². The van der Waals surface area contributed by atoms with Crippen molar-refractivity contribution in [1.29, 1.82) is 0 Å². The van der Waals surface area contributed by atoms with Gasteiger partial charge in [0.1, 0.15) is 0 Å². The van der Waals surface area contributed by atoms with Crippen molar-refractivity contribution < 1.29 is 0 Å². The van der Waals surface area contributed by atoms with Crippen LogP contribution in [0.5, 0.6) is 0 Å². The highest BCUT2D eigenvalue weighted by Crippen LogP contribution is 2.33. The second kappa shape index (κ2) is 5.51. The molecule has 0 bridgehead atoms. The van der Waals surface area contributed by atoms with Crippen LogP contribution in [0.4, 0.5) is 0 Å². The Morgan fingerprint density at radius 2 is 2.06 bits per heavy atom. The van der Waals surface area contributed by atoms with Gasteiger partial charge in [0, 0.05) is 23.5 Å². The maximum absolute atomic E-state index is 3.66. The van der Waals surface area contributed by atoms with Crippen LogP contribution in [0.3, 0.4) is 0 Å². The zero-order chi connectivity index (χ0) is 12.3. The van der Waals surface area contributed by atoms with Gasteiger partial charge in [-0.1, -0.05) is 12.8 Å². The Morgan fingerprint density at radius 1 is 1.35 bits per heavy atom. The number of aryl methyl sites for hydroxylation is 1. The lowest BCUT2D eigenvalue weighted by molar-refractivity contribution is 0.154. The Morgan fingerprint density at radius 3 is 2.59 bits per heavy atom. The molecule has 1 aromatic heterocycles. The minimum Gasteiger partial charge on any atom is -0.310 e. The summed E-state index contributed by atoms with van der Waals surface area (Å²) < 4.78 is 0. The molecule has 2 rings (SSSR count). The number of nitrogens with one attached hydrogen (secondary N) is 1. The van der Waals surface area contributed by atoms with Crippen molar-refractivity contribution in [3.8, 4) is 0 Å². The number of hydrogen-bond acceptors (Lipinski definition) is 3. The van der Waals surface area contributed by atoms with Gasteiger partial charge >= 0.3 is 0 Å². The molecule has 0 atom stereocenters.